The van der Waals surface area contributed by atoms with Crippen LogP contribution in [0.2, 0.25) is 0 Å². The third-order valence-electron chi connectivity index (χ3n) is 3.64. The van der Waals surface area contributed by atoms with Crippen LogP contribution in [-0.4, -0.2) is 10.8 Å². The van der Waals surface area contributed by atoms with E-state index < -0.39 is 10.8 Å². The summed E-state index contributed by atoms with van der Waals surface area (Å²) in [5.74, 6) is -0.459. The molecule has 0 spiro atoms. The van der Waals surface area contributed by atoms with E-state index in [9.17, 15) is 14.9 Å². The molecule has 114 valence electrons. The van der Waals surface area contributed by atoms with Gasteiger partial charge in [0.2, 0.25) is 0 Å². The van der Waals surface area contributed by atoms with E-state index in [1.165, 1.54) is 6.07 Å². The van der Waals surface area contributed by atoms with E-state index in [4.69, 9.17) is 0 Å². The normalized spacial score (nSPS) is 10.3. The minimum atomic E-state index is -0.511. The van der Waals surface area contributed by atoms with Crippen LogP contribution in [0.3, 0.4) is 0 Å². The van der Waals surface area contributed by atoms with Crippen molar-refractivity contribution in [2.24, 2.45) is 0 Å². The summed E-state index contributed by atoms with van der Waals surface area (Å²) in [5.41, 5.74) is 3.07. The van der Waals surface area contributed by atoms with E-state index in [-0.39, 0.29) is 11.3 Å². The van der Waals surface area contributed by atoms with Crippen LogP contribution in [0.15, 0.2) is 36.4 Å². The van der Waals surface area contributed by atoms with Crippen molar-refractivity contribution in [2.45, 2.75) is 27.2 Å². The first kappa shape index (κ1) is 15.7. The largest absolute Gasteiger partial charge is 0.321 e. The Labute approximate surface area is 129 Å². The van der Waals surface area contributed by atoms with Gasteiger partial charge in [0, 0.05) is 11.3 Å². The maximum atomic E-state index is 12.5. The first-order valence-electron chi connectivity index (χ1n) is 7.09. The number of aryl methyl sites for hydroxylation is 3. The number of carbonyl (C=O) groups excluding carboxylic acids is 1. The van der Waals surface area contributed by atoms with Gasteiger partial charge in [-0.15, -0.1) is 0 Å². The minimum Gasteiger partial charge on any atom is -0.321 e. The lowest BCUT2D eigenvalue weighted by Gasteiger charge is -2.13. The van der Waals surface area contributed by atoms with E-state index in [2.05, 4.69) is 5.32 Å². The van der Waals surface area contributed by atoms with Gasteiger partial charge in [0.15, 0.2) is 0 Å². The zero-order valence-electron chi connectivity index (χ0n) is 12.8. The quantitative estimate of drug-likeness (QED) is 0.684. The van der Waals surface area contributed by atoms with Crippen molar-refractivity contribution in [1.29, 1.82) is 0 Å². The summed E-state index contributed by atoms with van der Waals surface area (Å²) in [5, 5.41) is 14.0. The highest BCUT2D eigenvalue weighted by atomic mass is 16.6. The predicted molar refractivity (Wildman–Crippen MR) is 86.3 cm³/mol. The molecule has 2 rings (SSSR count). The van der Waals surface area contributed by atoms with Gasteiger partial charge in [0.1, 0.15) is 5.56 Å². The van der Waals surface area contributed by atoms with E-state index in [1.807, 2.05) is 32.0 Å². The summed E-state index contributed by atoms with van der Waals surface area (Å²) in [6.07, 6.45) is 0.771. The van der Waals surface area contributed by atoms with Gasteiger partial charge < -0.3 is 5.32 Å². The highest BCUT2D eigenvalue weighted by Crippen LogP contribution is 2.26. The fourth-order valence-electron chi connectivity index (χ4n) is 2.47. The zero-order valence-corrected chi connectivity index (χ0v) is 12.8. The molecule has 0 saturated heterocycles. The van der Waals surface area contributed by atoms with Gasteiger partial charge in [-0.2, -0.15) is 0 Å². The summed E-state index contributed by atoms with van der Waals surface area (Å²) >= 11 is 0. The van der Waals surface area contributed by atoms with Gasteiger partial charge in [0.25, 0.3) is 11.6 Å². The average Bonchev–Trinajstić information content (AvgIpc) is 2.48. The van der Waals surface area contributed by atoms with E-state index in [0.717, 1.165) is 23.2 Å². The third kappa shape index (κ3) is 2.98. The number of rotatable bonds is 4. The molecule has 0 aliphatic rings. The van der Waals surface area contributed by atoms with Crippen molar-refractivity contribution in [1.82, 2.24) is 0 Å². The molecule has 0 fully saturated rings. The van der Waals surface area contributed by atoms with Crippen molar-refractivity contribution in [3.05, 3.63) is 68.8 Å². The molecule has 22 heavy (non-hydrogen) atoms. The van der Waals surface area contributed by atoms with E-state index >= 15 is 0 Å². The Hall–Kier alpha value is -2.69. The van der Waals surface area contributed by atoms with Crippen LogP contribution in [0.4, 0.5) is 11.4 Å². The number of carbonyl (C=O) groups is 1. The summed E-state index contributed by atoms with van der Waals surface area (Å²) in [7, 11) is 0. The minimum absolute atomic E-state index is 0.0790. The van der Waals surface area contributed by atoms with Crippen molar-refractivity contribution >= 4 is 17.3 Å². The van der Waals surface area contributed by atoms with Crippen LogP contribution in [0, 0.1) is 24.0 Å². The molecule has 1 N–H and O–H groups in total. The number of hydrogen-bond acceptors (Lipinski definition) is 3. The number of amides is 1. The molecule has 5 heteroatoms. The summed E-state index contributed by atoms with van der Waals surface area (Å²) in [6.45, 7) is 5.53. The summed E-state index contributed by atoms with van der Waals surface area (Å²) in [4.78, 5) is 23.2. The Balaban J connectivity index is 2.43. The molecule has 2 aromatic rings. The van der Waals surface area contributed by atoms with Crippen LogP contribution < -0.4 is 5.32 Å². The Morgan fingerprint density at radius 1 is 1.14 bits per heavy atom. The van der Waals surface area contributed by atoms with Crippen molar-refractivity contribution < 1.29 is 9.72 Å². The lowest BCUT2D eigenvalue weighted by atomic mass is 10.0. The Kier molecular flexibility index (Phi) is 4.56. The zero-order chi connectivity index (χ0) is 16.3. The lowest BCUT2D eigenvalue weighted by Crippen LogP contribution is -2.16. The van der Waals surface area contributed by atoms with Crippen LogP contribution in [0.1, 0.15) is 34.0 Å². The van der Waals surface area contributed by atoms with Crippen LogP contribution in [-0.2, 0) is 6.42 Å². The molecule has 0 saturated carbocycles. The predicted octanol–water partition coefficient (Wildman–Crippen LogP) is 4.03. The molecule has 5 nitrogen and oxygen atoms in total. The maximum Gasteiger partial charge on any atom is 0.285 e. The van der Waals surface area contributed by atoms with Gasteiger partial charge in [0.05, 0.1) is 4.92 Å². The maximum absolute atomic E-state index is 12.5. The number of nitro groups is 1. The van der Waals surface area contributed by atoms with Gasteiger partial charge in [-0.25, -0.2) is 0 Å². The van der Waals surface area contributed by atoms with Crippen LogP contribution in [0.5, 0.6) is 0 Å². The molecular weight excluding hydrogens is 280 g/mol. The Morgan fingerprint density at radius 3 is 2.41 bits per heavy atom. The monoisotopic (exact) mass is 298 g/mol. The second-order valence-electron chi connectivity index (χ2n) is 5.14. The molecular formula is C17H18N2O3. The van der Waals surface area contributed by atoms with E-state index in [0.29, 0.717) is 5.56 Å². The summed E-state index contributed by atoms with van der Waals surface area (Å²) < 4.78 is 0. The summed E-state index contributed by atoms with van der Waals surface area (Å²) in [6, 6.07) is 10.5. The molecule has 0 aliphatic carbocycles. The number of nitrogens with one attached hydrogen (secondary N) is 1. The van der Waals surface area contributed by atoms with Crippen molar-refractivity contribution in [3.8, 4) is 0 Å². The highest BCUT2D eigenvalue weighted by Gasteiger charge is 2.23. The second-order valence-corrected chi connectivity index (χ2v) is 5.14. The standard InChI is InChI=1S/C17H18N2O3/c1-4-13-9-5-7-11(2)15(13)18-17(20)14-10-6-8-12(3)16(14)19(21)22/h5-10H,4H2,1-3H3,(H,18,20). The first-order chi connectivity index (χ1) is 10.5. The van der Waals surface area contributed by atoms with Gasteiger partial charge in [-0.3, -0.25) is 14.9 Å². The average molecular weight is 298 g/mol. The molecule has 0 bridgehead atoms. The fraction of sp³-hybridized carbons (Fsp3) is 0.235. The van der Waals surface area contributed by atoms with E-state index in [1.54, 1.807) is 19.1 Å². The molecule has 0 heterocycles. The molecule has 0 radical (unpaired) electrons. The first-order valence-corrected chi connectivity index (χ1v) is 7.09. The number of para-hydroxylation sites is 2. The van der Waals surface area contributed by atoms with Gasteiger partial charge in [-0.1, -0.05) is 37.3 Å². The van der Waals surface area contributed by atoms with Crippen molar-refractivity contribution in [3.63, 3.8) is 0 Å². The number of nitro benzene ring substituents is 1. The molecule has 1 amide bonds. The SMILES string of the molecule is CCc1cccc(C)c1NC(=O)c1cccc(C)c1[N+](=O)[O-]. The molecule has 0 atom stereocenters. The molecule has 2 aromatic carbocycles. The number of benzene rings is 2. The third-order valence-corrected chi connectivity index (χ3v) is 3.64. The topological polar surface area (TPSA) is 72.2 Å². The van der Waals surface area contributed by atoms with Crippen LogP contribution >= 0.6 is 0 Å². The molecule has 0 unspecified atom stereocenters. The number of anilines is 1. The Bertz CT molecular complexity index is 739. The second kappa shape index (κ2) is 6.39. The molecule has 0 aromatic heterocycles. The number of hydrogen-bond donors (Lipinski definition) is 1. The van der Waals surface area contributed by atoms with Gasteiger partial charge >= 0.3 is 0 Å². The molecule has 0 aliphatic heterocycles. The number of nitrogens with zero attached hydrogens (tertiary/aromatic N) is 1. The fourth-order valence-corrected chi connectivity index (χ4v) is 2.47. The van der Waals surface area contributed by atoms with Crippen LogP contribution in [0.25, 0.3) is 0 Å². The van der Waals surface area contributed by atoms with Crippen molar-refractivity contribution in [2.75, 3.05) is 5.32 Å². The van der Waals surface area contributed by atoms with Gasteiger partial charge in [-0.05, 0) is 37.5 Å². The lowest BCUT2D eigenvalue weighted by molar-refractivity contribution is -0.385. The smallest absolute Gasteiger partial charge is 0.285 e. The Morgan fingerprint density at radius 2 is 1.77 bits per heavy atom. The highest BCUT2D eigenvalue weighted by molar-refractivity contribution is 6.08.